The van der Waals surface area contributed by atoms with Crippen molar-refractivity contribution >= 4 is 33.3 Å². The third-order valence-corrected chi connectivity index (χ3v) is 3.78. The molecule has 1 aromatic heterocycles. The molecule has 0 bridgehead atoms. The van der Waals surface area contributed by atoms with Gasteiger partial charge in [-0.2, -0.15) is 5.10 Å². The Morgan fingerprint density at radius 1 is 1.30 bits per heavy atom. The Hall–Kier alpha value is -1.13. The molecule has 0 spiro atoms. The first-order chi connectivity index (χ1) is 9.53. The van der Waals surface area contributed by atoms with Crippen molar-refractivity contribution < 1.29 is 4.79 Å². The summed E-state index contributed by atoms with van der Waals surface area (Å²) in [6, 6.07) is 7.26. The number of aryl methyl sites for hydroxylation is 2. The zero-order chi connectivity index (χ0) is 14.7. The van der Waals surface area contributed by atoms with E-state index in [9.17, 15) is 4.79 Å². The monoisotopic (exact) mass is 354 g/mol. The van der Waals surface area contributed by atoms with Gasteiger partial charge >= 0.3 is 0 Å². The summed E-state index contributed by atoms with van der Waals surface area (Å²) >= 11 is 9.34. The van der Waals surface area contributed by atoms with E-state index in [4.69, 9.17) is 11.6 Å². The molecule has 0 saturated carbocycles. The van der Waals surface area contributed by atoms with Crippen LogP contribution in [-0.4, -0.2) is 15.6 Å². The first-order valence-electron chi connectivity index (χ1n) is 6.58. The lowest BCUT2D eigenvalue weighted by molar-refractivity contribution is 0.0990. The SMILES string of the molecule is CCc1cc(CC(=O)c2cc(Cl)cc(Br)c2)n(CC)n1. The number of rotatable bonds is 5. The van der Waals surface area contributed by atoms with Gasteiger partial charge in [0.05, 0.1) is 12.1 Å². The van der Waals surface area contributed by atoms with Gasteiger partial charge in [-0.1, -0.05) is 34.5 Å². The van der Waals surface area contributed by atoms with E-state index in [2.05, 4.69) is 28.0 Å². The van der Waals surface area contributed by atoms with Crippen LogP contribution in [0.4, 0.5) is 0 Å². The van der Waals surface area contributed by atoms with Gasteiger partial charge in [0.1, 0.15) is 0 Å². The zero-order valence-corrected chi connectivity index (χ0v) is 13.8. The number of hydrogen-bond donors (Lipinski definition) is 0. The van der Waals surface area contributed by atoms with Crippen LogP contribution in [-0.2, 0) is 19.4 Å². The maximum atomic E-state index is 12.4. The van der Waals surface area contributed by atoms with Crippen molar-refractivity contribution in [3.63, 3.8) is 0 Å². The molecule has 20 heavy (non-hydrogen) atoms. The Balaban J connectivity index is 2.25. The molecule has 106 valence electrons. The third kappa shape index (κ3) is 3.49. The third-order valence-electron chi connectivity index (χ3n) is 3.10. The van der Waals surface area contributed by atoms with Crippen molar-refractivity contribution in [1.82, 2.24) is 9.78 Å². The first kappa shape index (κ1) is 15.3. The lowest BCUT2D eigenvalue weighted by atomic mass is 10.1. The molecule has 1 heterocycles. The molecule has 0 saturated heterocycles. The molecule has 0 fully saturated rings. The molecule has 0 aliphatic carbocycles. The van der Waals surface area contributed by atoms with Crippen molar-refractivity contribution in [2.24, 2.45) is 0 Å². The Bertz CT molecular complexity index is 617. The lowest BCUT2D eigenvalue weighted by Crippen LogP contribution is -2.09. The fraction of sp³-hybridized carbons (Fsp3) is 0.333. The second-order valence-corrected chi connectivity index (χ2v) is 5.91. The summed E-state index contributed by atoms with van der Waals surface area (Å²) in [6.07, 6.45) is 1.21. The highest BCUT2D eigenvalue weighted by atomic mass is 79.9. The van der Waals surface area contributed by atoms with E-state index in [0.29, 0.717) is 17.0 Å². The molecule has 0 amide bonds. The highest BCUT2D eigenvalue weighted by molar-refractivity contribution is 9.10. The summed E-state index contributed by atoms with van der Waals surface area (Å²) in [4.78, 5) is 12.4. The van der Waals surface area contributed by atoms with E-state index in [1.165, 1.54) is 0 Å². The van der Waals surface area contributed by atoms with E-state index in [1.807, 2.05) is 17.7 Å². The van der Waals surface area contributed by atoms with Gasteiger partial charge in [-0.3, -0.25) is 9.48 Å². The molecule has 1 aromatic carbocycles. The van der Waals surface area contributed by atoms with Crippen LogP contribution in [0.25, 0.3) is 0 Å². The van der Waals surface area contributed by atoms with Gasteiger partial charge in [-0.15, -0.1) is 0 Å². The van der Waals surface area contributed by atoms with Gasteiger partial charge in [0.25, 0.3) is 0 Å². The van der Waals surface area contributed by atoms with Crippen LogP contribution in [0, 0.1) is 0 Å². The van der Waals surface area contributed by atoms with E-state index >= 15 is 0 Å². The predicted molar refractivity (Wildman–Crippen MR) is 84.5 cm³/mol. The number of carbonyl (C=O) groups excluding carboxylic acids is 1. The highest BCUT2D eigenvalue weighted by Crippen LogP contribution is 2.21. The molecule has 0 aliphatic heterocycles. The van der Waals surface area contributed by atoms with Gasteiger partial charge < -0.3 is 0 Å². The van der Waals surface area contributed by atoms with Gasteiger partial charge in [0, 0.05) is 27.3 Å². The second kappa shape index (κ2) is 6.55. The number of aromatic nitrogens is 2. The lowest BCUT2D eigenvalue weighted by Gasteiger charge is -2.05. The number of halogens is 2. The molecule has 0 atom stereocenters. The molecular weight excluding hydrogens is 340 g/mol. The summed E-state index contributed by atoms with van der Waals surface area (Å²) < 4.78 is 2.70. The standard InChI is InChI=1S/C15H16BrClN2O/c1-3-13-8-14(19(4-2)18-13)9-15(20)10-5-11(16)7-12(17)6-10/h5-8H,3-4,9H2,1-2H3. The van der Waals surface area contributed by atoms with Gasteiger partial charge in [0.2, 0.25) is 0 Å². The van der Waals surface area contributed by atoms with Crippen LogP contribution in [0.1, 0.15) is 35.6 Å². The maximum Gasteiger partial charge on any atom is 0.168 e. The largest absolute Gasteiger partial charge is 0.294 e. The molecule has 0 N–H and O–H groups in total. The van der Waals surface area contributed by atoms with Gasteiger partial charge in [-0.25, -0.2) is 0 Å². The van der Waals surface area contributed by atoms with E-state index in [1.54, 1.807) is 18.2 Å². The van der Waals surface area contributed by atoms with E-state index < -0.39 is 0 Å². The molecular formula is C15H16BrClN2O. The van der Waals surface area contributed by atoms with Crippen molar-refractivity contribution in [3.05, 3.63) is 50.7 Å². The molecule has 2 rings (SSSR count). The van der Waals surface area contributed by atoms with Crippen molar-refractivity contribution in [2.45, 2.75) is 33.2 Å². The number of benzene rings is 1. The van der Waals surface area contributed by atoms with Gasteiger partial charge in [-0.05, 0) is 37.6 Å². The fourth-order valence-electron chi connectivity index (χ4n) is 2.09. The van der Waals surface area contributed by atoms with Crippen LogP contribution in [0.2, 0.25) is 5.02 Å². The number of nitrogens with zero attached hydrogens (tertiary/aromatic N) is 2. The zero-order valence-electron chi connectivity index (χ0n) is 11.5. The van der Waals surface area contributed by atoms with E-state index in [-0.39, 0.29) is 5.78 Å². The fourth-order valence-corrected chi connectivity index (χ4v) is 2.95. The number of carbonyl (C=O) groups is 1. The molecule has 0 aliphatic rings. The normalized spacial score (nSPS) is 10.8. The molecule has 0 unspecified atom stereocenters. The van der Waals surface area contributed by atoms with Crippen LogP contribution >= 0.6 is 27.5 Å². The number of Topliss-reactive ketones (excluding diaryl/α,β-unsaturated/α-hetero) is 1. The quantitative estimate of drug-likeness (QED) is 0.749. The molecule has 0 radical (unpaired) electrons. The summed E-state index contributed by atoms with van der Waals surface area (Å²) in [5.41, 5.74) is 2.58. The second-order valence-electron chi connectivity index (χ2n) is 4.55. The topological polar surface area (TPSA) is 34.9 Å². The average molecular weight is 356 g/mol. The van der Waals surface area contributed by atoms with Crippen LogP contribution in [0.15, 0.2) is 28.7 Å². The molecule has 5 heteroatoms. The van der Waals surface area contributed by atoms with Crippen molar-refractivity contribution in [2.75, 3.05) is 0 Å². The van der Waals surface area contributed by atoms with Crippen LogP contribution < -0.4 is 0 Å². The first-order valence-corrected chi connectivity index (χ1v) is 7.75. The summed E-state index contributed by atoms with van der Waals surface area (Å²) in [5, 5.41) is 5.01. The smallest absolute Gasteiger partial charge is 0.168 e. The highest BCUT2D eigenvalue weighted by Gasteiger charge is 2.13. The van der Waals surface area contributed by atoms with Crippen LogP contribution in [0.3, 0.4) is 0 Å². The number of ketones is 1. The van der Waals surface area contributed by atoms with Crippen molar-refractivity contribution in [1.29, 1.82) is 0 Å². The average Bonchev–Trinajstić information content (AvgIpc) is 2.79. The van der Waals surface area contributed by atoms with E-state index in [0.717, 1.165) is 28.8 Å². The van der Waals surface area contributed by atoms with Crippen molar-refractivity contribution in [3.8, 4) is 0 Å². The minimum atomic E-state index is 0.0467. The Kier molecular flexibility index (Phi) is 5.00. The molecule has 2 aromatic rings. The minimum Gasteiger partial charge on any atom is -0.294 e. The Labute approximate surface area is 132 Å². The number of hydrogen-bond acceptors (Lipinski definition) is 2. The predicted octanol–water partition coefficient (Wildman–Crippen LogP) is 4.31. The Morgan fingerprint density at radius 3 is 2.65 bits per heavy atom. The van der Waals surface area contributed by atoms with Gasteiger partial charge in [0.15, 0.2) is 5.78 Å². The Morgan fingerprint density at radius 2 is 2.05 bits per heavy atom. The minimum absolute atomic E-state index is 0.0467. The molecule has 3 nitrogen and oxygen atoms in total. The summed E-state index contributed by atoms with van der Waals surface area (Å²) in [5.74, 6) is 0.0467. The van der Waals surface area contributed by atoms with Crippen LogP contribution in [0.5, 0.6) is 0 Å². The summed E-state index contributed by atoms with van der Waals surface area (Å²) in [6.45, 7) is 4.85. The maximum absolute atomic E-state index is 12.4. The summed E-state index contributed by atoms with van der Waals surface area (Å²) in [7, 11) is 0.